The van der Waals surface area contributed by atoms with E-state index in [1.807, 2.05) is 54.2 Å². The van der Waals surface area contributed by atoms with E-state index in [4.69, 9.17) is 4.84 Å². The number of likely N-dealkylation sites (N-methyl/N-ethyl adjacent to an activating group) is 1. The van der Waals surface area contributed by atoms with Crippen LogP contribution in [0.5, 0.6) is 0 Å². The zero-order chi connectivity index (χ0) is 17.8. The molecule has 0 spiro atoms. The quantitative estimate of drug-likeness (QED) is 0.794. The Morgan fingerprint density at radius 3 is 2.40 bits per heavy atom. The van der Waals surface area contributed by atoms with Crippen LogP contribution in [0.1, 0.15) is 12.0 Å². The van der Waals surface area contributed by atoms with Gasteiger partial charge in [0, 0.05) is 32.6 Å². The Bertz CT molecular complexity index is 652. The van der Waals surface area contributed by atoms with E-state index in [1.54, 1.807) is 4.90 Å². The molecule has 1 aromatic rings. The lowest BCUT2D eigenvalue weighted by Gasteiger charge is -2.35. The number of oxime groups is 1. The van der Waals surface area contributed by atoms with Gasteiger partial charge in [-0.25, -0.2) is 0 Å². The molecule has 25 heavy (non-hydrogen) atoms. The third-order valence-electron chi connectivity index (χ3n) is 4.45. The molecule has 134 valence electrons. The smallest absolute Gasteiger partial charge is 0.267 e. The van der Waals surface area contributed by atoms with Crippen molar-refractivity contribution in [1.29, 1.82) is 0 Å². The van der Waals surface area contributed by atoms with E-state index in [2.05, 4.69) is 5.16 Å². The summed E-state index contributed by atoms with van der Waals surface area (Å²) in [5, 5.41) is 4.08. The fraction of sp³-hybridized carbons (Fsp3) is 0.500. The van der Waals surface area contributed by atoms with Crippen molar-refractivity contribution in [3.8, 4) is 0 Å². The standard InChI is InChI=1S/C18H24N4O3/c1-20(2)13-17(23)21-8-10-22(11-9-21)18(24)16-12-15(19-25-16)14-6-4-3-5-7-14/h3-7,16H,8-13H2,1-2H3/t16-/m0/s1. The van der Waals surface area contributed by atoms with Gasteiger partial charge in [0.25, 0.3) is 5.91 Å². The van der Waals surface area contributed by atoms with Crippen LogP contribution in [0, 0.1) is 0 Å². The van der Waals surface area contributed by atoms with Gasteiger partial charge in [0.2, 0.25) is 12.0 Å². The lowest BCUT2D eigenvalue weighted by Crippen LogP contribution is -2.54. The summed E-state index contributed by atoms with van der Waals surface area (Å²) >= 11 is 0. The van der Waals surface area contributed by atoms with Gasteiger partial charge in [0.1, 0.15) is 0 Å². The normalized spacial score (nSPS) is 20.4. The van der Waals surface area contributed by atoms with Gasteiger partial charge in [-0.2, -0.15) is 0 Å². The summed E-state index contributed by atoms with van der Waals surface area (Å²) in [6, 6.07) is 9.75. The number of hydrogen-bond acceptors (Lipinski definition) is 5. The number of piperazine rings is 1. The minimum atomic E-state index is -0.556. The van der Waals surface area contributed by atoms with Crippen LogP contribution in [0.25, 0.3) is 0 Å². The van der Waals surface area contributed by atoms with Gasteiger partial charge in [0.05, 0.1) is 12.3 Å². The summed E-state index contributed by atoms with van der Waals surface area (Å²) in [5.41, 5.74) is 1.79. The van der Waals surface area contributed by atoms with Gasteiger partial charge >= 0.3 is 0 Å². The molecule has 0 radical (unpaired) electrons. The van der Waals surface area contributed by atoms with E-state index in [0.29, 0.717) is 39.1 Å². The second-order valence-electron chi connectivity index (χ2n) is 6.65. The summed E-state index contributed by atoms with van der Waals surface area (Å²) < 4.78 is 0. The topological polar surface area (TPSA) is 65.5 Å². The highest BCUT2D eigenvalue weighted by Gasteiger charge is 2.34. The minimum absolute atomic E-state index is 0.0469. The SMILES string of the molecule is CN(C)CC(=O)N1CCN(C(=O)[C@@H]2CC(c3ccccc3)=NO2)CC1. The Morgan fingerprint density at radius 1 is 1.12 bits per heavy atom. The molecule has 0 N–H and O–H groups in total. The summed E-state index contributed by atoms with van der Waals surface area (Å²) in [5.74, 6) is 0.0540. The van der Waals surface area contributed by atoms with E-state index in [9.17, 15) is 9.59 Å². The third-order valence-corrected chi connectivity index (χ3v) is 4.45. The maximum atomic E-state index is 12.6. The van der Waals surface area contributed by atoms with Crippen LogP contribution in [0.2, 0.25) is 0 Å². The molecule has 0 aromatic heterocycles. The Hall–Kier alpha value is -2.41. The first-order valence-corrected chi connectivity index (χ1v) is 8.54. The zero-order valence-electron chi connectivity index (χ0n) is 14.7. The Morgan fingerprint density at radius 2 is 1.76 bits per heavy atom. The van der Waals surface area contributed by atoms with Crippen molar-refractivity contribution in [2.75, 3.05) is 46.8 Å². The summed E-state index contributed by atoms with van der Waals surface area (Å²) in [6.07, 6.45) is -0.0676. The lowest BCUT2D eigenvalue weighted by molar-refractivity contribution is -0.147. The largest absolute Gasteiger partial charge is 0.382 e. The number of hydrogen-bond donors (Lipinski definition) is 0. The molecule has 2 amide bonds. The van der Waals surface area contributed by atoms with Crippen LogP contribution in [-0.4, -0.2) is 85.1 Å². The summed E-state index contributed by atoms with van der Waals surface area (Å²) in [6.45, 7) is 2.61. The number of benzene rings is 1. The number of nitrogens with zero attached hydrogens (tertiary/aromatic N) is 4. The van der Waals surface area contributed by atoms with Crippen LogP contribution in [-0.2, 0) is 14.4 Å². The molecule has 2 heterocycles. The average Bonchev–Trinajstić information content (AvgIpc) is 3.11. The lowest BCUT2D eigenvalue weighted by atomic mass is 10.0. The van der Waals surface area contributed by atoms with Gasteiger partial charge in [-0.1, -0.05) is 35.5 Å². The molecule has 0 unspecified atom stereocenters. The van der Waals surface area contributed by atoms with Crippen LogP contribution < -0.4 is 0 Å². The molecule has 0 saturated carbocycles. The van der Waals surface area contributed by atoms with Crippen LogP contribution in [0.4, 0.5) is 0 Å². The number of carbonyl (C=O) groups excluding carboxylic acids is 2. The summed E-state index contributed by atoms with van der Waals surface area (Å²) in [7, 11) is 3.75. The molecular weight excluding hydrogens is 320 g/mol. The van der Waals surface area contributed by atoms with Crippen molar-refractivity contribution < 1.29 is 14.4 Å². The van der Waals surface area contributed by atoms with Crippen molar-refractivity contribution in [2.24, 2.45) is 5.16 Å². The molecule has 3 rings (SSSR count). The Kier molecular flexibility index (Phi) is 5.33. The van der Waals surface area contributed by atoms with Crippen LogP contribution in [0.15, 0.2) is 35.5 Å². The van der Waals surface area contributed by atoms with Crippen molar-refractivity contribution in [3.63, 3.8) is 0 Å². The maximum absolute atomic E-state index is 12.6. The third kappa shape index (κ3) is 4.17. The van der Waals surface area contributed by atoms with E-state index in [-0.39, 0.29) is 11.8 Å². The van der Waals surface area contributed by atoms with E-state index >= 15 is 0 Å². The van der Waals surface area contributed by atoms with Gasteiger partial charge in [-0.3, -0.25) is 9.59 Å². The Labute approximate surface area is 147 Å². The highest BCUT2D eigenvalue weighted by molar-refractivity contribution is 6.04. The molecule has 0 bridgehead atoms. The number of carbonyl (C=O) groups is 2. The second-order valence-corrected chi connectivity index (χ2v) is 6.65. The number of amides is 2. The first kappa shape index (κ1) is 17.4. The van der Waals surface area contributed by atoms with Gasteiger partial charge < -0.3 is 19.5 Å². The predicted octanol–water partition coefficient (Wildman–Crippen LogP) is 0.412. The van der Waals surface area contributed by atoms with Crippen molar-refractivity contribution >= 4 is 17.5 Å². The fourth-order valence-electron chi connectivity index (χ4n) is 3.06. The highest BCUT2D eigenvalue weighted by atomic mass is 16.6. The molecule has 2 aliphatic rings. The molecule has 1 fully saturated rings. The first-order valence-electron chi connectivity index (χ1n) is 8.54. The molecular formula is C18H24N4O3. The van der Waals surface area contributed by atoms with Crippen LogP contribution >= 0.6 is 0 Å². The fourth-order valence-corrected chi connectivity index (χ4v) is 3.06. The Balaban J connectivity index is 1.50. The van der Waals surface area contributed by atoms with Crippen molar-refractivity contribution in [2.45, 2.75) is 12.5 Å². The first-order chi connectivity index (χ1) is 12.0. The maximum Gasteiger partial charge on any atom is 0.267 e. The minimum Gasteiger partial charge on any atom is -0.382 e. The van der Waals surface area contributed by atoms with E-state index in [0.717, 1.165) is 11.3 Å². The van der Waals surface area contributed by atoms with Gasteiger partial charge in [-0.05, 0) is 19.7 Å². The highest BCUT2D eigenvalue weighted by Crippen LogP contribution is 2.19. The average molecular weight is 344 g/mol. The second kappa shape index (κ2) is 7.65. The molecule has 2 aliphatic heterocycles. The monoisotopic (exact) mass is 344 g/mol. The molecule has 1 atom stereocenters. The molecule has 0 aliphatic carbocycles. The van der Waals surface area contributed by atoms with E-state index in [1.165, 1.54) is 0 Å². The molecule has 7 heteroatoms. The summed E-state index contributed by atoms with van der Waals surface area (Å²) in [4.78, 5) is 35.5. The predicted molar refractivity (Wildman–Crippen MR) is 94.2 cm³/mol. The van der Waals surface area contributed by atoms with Crippen molar-refractivity contribution in [3.05, 3.63) is 35.9 Å². The number of rotatable bonds is 4. The molecule has 1 aromatic carbocycles. The van der Waals surface area contributed by atoms with Gasteiger partial charge in [0.15, 0.2) is 0 Å². The molecule has 7 nitrogen and oxygen atoms in total. The molecule has 1 saturated heterocycles. The van der Waals surface area contributed by atoms with Crippen LogP contribution in [0.3, 0.4) is 0 Å². The zero-order valence-corrected chi connectivity index (χ0v) is 14.7. The van der Waals surface area contributed by atoms with E-state index < -0.39 is 6.10 Å². The van der Waals surface area contributed by atoms with Crippen molar-refractivity contribution in [1.82, 2.24) is 14.7 Å². The van der Waals surface area contributed by atoms with Gasteiger partial charge in [-0.15, -0.1) is 0 Å².